The summed E-state index contributed by atoms with van der Waals surface area (Å²) in [5.41, 5.74) is 9.77. The summed E-state index contributed by atoms with van der Waals surface area (Å²) >= 11 is 7.02. The van der Waals surface area contributed by atoms with Crippen LogP contribution in [0.1, 0.15) is 5.56 Å². The molecule has 0 spiro atoms. The van der Waals surface area contributed by atoms with Gasteiger partial charge in [0.15, 0.2) is 0 Å². The van der Waals surface area contributed by atoms with Crippen molar-refractivity contribution >= 4 is 37.5 Å². The summed E-state index contributed by atoms with van der Waals surface area (Å²) in [4.78, 5) is 0. The van der Waals surface area contributed by atoms with E-state index in [0.717, 1.165) is 20.2 Å². The summed E-state index contributed by atoms with van der Waals surface area (Å²) < 4.78 is 3.92. The van der Waals surface area contributed by atoms with Crippen molar-refractivity contribution in [3.63, 3.8) is 0 Å². The highest BCUT2D eigenvalue weighted by Crippen LogP contribution is 2.30. The highest BCUT2D eigenvalue weighted by Gasteiger charge is 2.11. The van der Waals surface area contributed by atoms with Crippen LogP contribution in [0, 0.1) is 0 Å². The van der Waals surface area contributed by atoms with Gasteiger partial charge in [0.25, 0.3) is 0 Å². The number of nitrogens with two attached hydrogens (primary N) is 1. The fourth-order valence-electron chi connectivity index (χ4n) is 2.20. The Kier molecular flexibility index (Phi) is 4.12. The second-order valence-electron chi connectivity index (χ2n) is 4.74. The molecule has 0 bridgehead atoms. The number of nitrogens with zero attached hydrogens (tertiary/aromatic N) is 2. The predicted octanol–water partition coefficient (Wildman–Crippen LogP) is 4.71. The minimum absolute atomic E-state index is 0.678. The zero-order valence-electron chi connectivity index (χ0n) is 11.1. The smallest absolute Gasteiger partial charge is 0.116 e. The Balaban J connectivity index is 1.93. The van der Waals surface area contributed by atoms with Crippen LogP contribution < -0.4 is 5.73 Å². The topological polar surface area (TPSA) is 43.8 Å². The average Bonchev–Trinajstić information content (AvgIpc) is 2.80. The largest absolute Gasteiger partial charge is 0.396 e. The van der Waals surface area contributed by atoms with E-state index in [1.54, 1.807) is 0 Å². The molecule has 0 unspecified atom stereocenters. The molecule has 2 N–H and O–H groups in total. The molecule has 3 rings (SSSR count). The molecule has 1 aromatic heterocycles. The van der Waals surface area contributed by atoms with Crippen LogP contribution in [0.2, 0.25) is 0 Å². The van der Waals surface area contributed by atoms with Crippen molar-refractivity contribution in [3.8, 4) is 11.3 Å². The Morgan fingerprint density at radius 3 is 2.62 bits per heavy atom. The van der Waals surface area contributed by atoms with E-state index in [4.69, 9.17) is 5.73 Å². The maximum atomic E-state index is 6.11. The highest BCUT2D eigenvalue weighted by molar-refractivity contribution is 9.10. The summed E-state index contributed by atoms with van der Waals surface area (Å²) in [7, 11) is 0. The molecule has 0 aliphatic heterocycles. The first-order chi connectivity index (χ1) is 10.1. The molecule has 3 aromatic rings. The quantitative estimate of drug-likeness (QED) is 0.684. The third-order valence-electron chi connectivity index (χ3n) is 3.15. The standard InChI is InChI=1S/C16H13Br2N3/c17-12-5-3-4-11(8-12)9-21-10-15(19)16(20-21)13-6-1-2-7-14(13)18/h1-8,10H,9,19H2. The molecule has 0 saturated carbocycles. The van der Waals surface area contributed by atoms with Gasteiger partial charge >= 0.3 is 0 Å². The Hall–Kier alpha value is -1.59. The predicted molar refractivity (Wildman–Crippen MR) is 93.0 cm³/mol. The van der Waals surface area contributed by atoms with E-state index in [1.807, 2.05) is 47.3 Å². The van der Waals surface area contributed by atoms with Crippen molar-refractivity contribution in [2.75, 3.05) is 5.73 Å². The fourth-order valence-corrected chi connectivity index (χ4v) is 3.12. The fraction of sp³-hybridized carbons (Fsp3) is 0.0625. The van der Waals surface area contributed by atoms with Crippen LogP contribution in [-0.4, -0.2) is 9.78 Å². The molecular weight excluding hydrogens is 394 g/mol. The van der Waals surface area contributed by atoms with E-state index in [-0.39, 0.29) is 0 Å². The molecule has 0 aliphatic rings. The van der Waals surface area contributed by atoms with Gasteiger partial charge in [-0.05, 0) is 23.8 Å². The van der Waals surface area contributed by atoms with Crippen LogP contribution in [0.25, 0.3) is 11.3 Å². The number of nitrogen functional groups attached to an aromatic ring is 1. The Labute approximate surface area is 140 Å². The van der Waals surface area contributed by atoms with E-state index in [1.165, 1.54) is 5.56 Å². The van der Waals surface area contributed by atoms with E-state index in [2.05, 4.69) is 49.1 Å². The Morgan fingerprint density at radius 1 is 1.05 bits per heavy atom. The molecule has 0 fully saturated rings. The lowest BCUT2D eigenvalue weighted by Crippen LogP contribution is -2.00. The lowest BCUT2D eigenvalue weighted by atomic mass is 10.1. The van der Waals surface area contributed by atoms with Crippen LogP contribution in [0.5, 0.6) is 0 Å². The number of hydrogen-bond acceptors (Lipinski definition) is 2. The molecule has 0 atom stereocenters. The maximum absolute atomic E-state index is 6.11. The minimum atomic E-state index is 0.678. The molecule has 106 valence electrons. The van der Waals surface area contributed by atoms with Crippen LogP contribution >= 0.6 is 31.9 Å². The SMILES string of the molecule is Nc1cn(Cc2cccc(Br)c2)nc1-c1ccccc1Br. The first kappa shape index (κ1) is 14.4. The van der Waals surface area contributed by atoms with Gasteiger partial charge in [-0.2, -0.15) is 5.10 Å². The van der Waals surface area contributed by atoms with Crippen molar-refractivity contribution in [1.29, 1.82) is 0 Å². The second kappa shape index (κ2) is 6.03. The number of anilines is 1. The molecule has 21 heavy (non-hydrogen) atoms. The van der Waals surface area contributed by atoms with Gasteiger partial charge in [-0.3, -0.25) is 4.68 Å². The van der Waals surface area contributed by atoms with E-state index < -0.39 is 0 Å². The molecule has 0 amide bonds. The molecule has 0 aliphatic carbocycles. The summed E-state index contributed by atoms with van der Waals surface area (Å²) in [5, 5.41) is 4.61. The van der Waals surface area contributed by atoms with Crippen LogP contribution in [0.3, 0.4) is 0 Å². The van der Waals surface area contributed by atoms with E-state index in [0.29, 0.717) is 12.2 Å². The third-order valence-corrected chi connectivity index (χ3v) is 4.34. The highest BCUT2D eigenvalue weighted by atomic mass is 79.9. The molecule has 0 radical (unpaired) electrons. The van der Waals surface area contributed by atoms with Crippen LogP contribution in [0.15, 0.2) is 63.7 Å². The van der Waals surface area contributed by atoms with Gasteiger partial charge in [0.1, 0.15) is 5.69 Å². The summed E-state index contributed by atoms with van der Waals surface area (Å²) in [6.07, 6.45) is 1.87. The van der Waals surface area contributed by atoms with Crippen molar-refractivity contribution in [1.82, 2.24) is 9.78 Å². The van der Waals surface area contributed by atoms with Gasteiger partial charge < -0.3 is 5.73 Å². The first-order valence-electron chi connectivity index (χ1n) is 6.46. The van der Waals surface area contributed by atoms with Crippen molar-refractivity contribution in [2.45, 2.75) is 6.54 Å². The number of aromatic nitrogens is 2. The Bertz CT molecular complexity index is 781. The number of rotatable bonds is 3. The summed E-state index contributed by atoms with van der Waals surface area (Å²) in [6.45, 7) is 0.689. The van der Waals surface area contributed by atoms with Gasteiger partial charge in [0, 0.05) is 20.7 Å². The summed E-state index contributed by atoms with van der Waals surface area (Å²) in [6, 6.07) is 16.1. The van der Waals surface area contributed by atoms with Crippen molar-refractivity contribution in [3.05, 3.63) is 69.2 Å². The number of benzene rings is 2. The van der Waals surface area contributed by atoms with Crippen LogP contribution in [-0.2, 0) is 6.54 Å². The monoisotopic (exact) mass is 405 g/mol. The zero-order chi connectivity index (χ0) is 14.8. The molecular formula is C16H13Br2N3. The Morgan fingerprint density at radius 2 is 1.86 bits per heavy atom. The van der Waals surface area contributed by atoms with Crippen molar-refractivity contribution < 1.29 is 0 Å². The van der Waals surface area contributed by atoms with E-state index >= 15 is 0 Å². The maximum Gasteiger partial charge on any atom is 0.116 e. The number of hydrogen-bond donors (Lipinski definition) is 1. The molecule has 3 nitrogen and oxygen atoms in total. The molecule has 0 saturated heterocycles. The average molecular weight is 407 g/mol. The van der Waals surface area contributed by atoms with Gasteiger partial charge in [0.05, 0.1) is 12.2 Å². The zero-order valence-corrected chi connectivity index (χ0v) is 14.3. The normalized spacial score (nSPS) is 10.8. The lowest BCUT2D eigenvalue weighted by Gasteiger charge is -2.03. The second-order valence-corrected chi connectivity index (χ2v) is 6.51. The van der Waals surface area contributed by atoms with Crippen molar-refractivity contribution in [2.24, 2.45) is 0 Å². The van der Waals surface area contributed by atoms with Gasteiger partial charge in [-0.15, -0.1) is 0 Å². The third kappa shape index (κ3) is 3.19. The first-order valence-corrected chi connectivity index (χ1v) is 8.04. The molecule has 1 heterocycles. The minimum Gasteiger partial charge on any atom is -0.396 e. The summed E-state index contributed by atoms with van der Waals surface area (Å²) in [5.74, 6) is 0. The van der Waals surface area contributed by atoms with Gasteiger partial charge in [0.2, 0.25) is 0 Å². The molecule has 2 aromatic carbocycles. The van der Waals surface area contributed by atoms with Gasteiger partial charge in [-0.1, -0.05) is 62.2 Å². The van der Waals surface area contributed by atoms with E-state index in [9.17, 15) is 0 Å². The lowest BCUT2D eigenvalue weighted by molar-refractivity contribution is 0.689. The van der Waals surface area contributed by atoms with Crippen LogP contribution in [0.4, 0.5) is 5.69 Å². The molecule has 5 heteroatoms. The number of halogens is 2. The van der Waals surface area contributed by atoms with Gasteiger partial charge in [-0.25, -0.2) is 0 Å².